The van der Waals surface area contributed by atoms with Gasteiger partial charge in [-0.25, -0.2) is 9.80 Å². The lowest BCUT2D eigenvalue weighted by Crippen LogP contribution is -2.39. The molecular weight excluding hydrogens is 358 g/mol. The Labute approximate surface area is 163 Å². The Morgan fingerprint density at radius 3 is 2.39 bits per heavy atom. The fraction of sp³-hybridized carbons (Fsp3) is 0.238. The monoisotopic (exact) mass is 379 g/mol. The van der Waals surface area contributed by atoms with E-state index in [1.807, 2.05) is 36.4 Å². The highest BCUT2D eigenvalue weighted by molar-refractivity contribution is 6.38. The minimum atomic E-state index is -0.971. The summed E-state index contributed by atoms with van der Waals surface area (Å²) in [7, 11) is 0. The molecule has 1 aliphatic rings. The molecule has 1 aliphatic heterocycles. The highest BCUT2D eigenvalue weighted by Gasteiger charge is 2.28. The summed E-state index contributed by atoms with van der Waals surface area (Å²) in [6, 6.07) is 18.3. The first kappa shape index (κ1) is 19.3. The maximum absolute atomic E-state index is 12.4. The number of ether oxygens (including phenoxy) is 1. The first-order valence-electron chi connectivity index (χ1n) is 9.02. The number of carbonyl (C=O) groups is 3. The molecular formula is C21H21N3O4. The summed E-state index contributed by atoms with van der Waals surface area (Å²) >= 11 is 0. The smallest absolute Gasteiger partial charge is 0.355 e. The van der Waals surface area contributed by atoms with Crippen LogP contribution in [0, 0.1) is 0 Å². The van der Waals surface area contributed by atoms with Gasteiger partial charge in [-0.2, -0.15) is 5.10 Å². The highest BCUT2D eigenvalue weighted by atomic mass is 16.5. The summed E-state index contributed by atoms with van der Waals surface area (Å²) < 4.78 is 5.24. The quantitative estimate of drug-likeness (QED) is 0.781. The standard InChI is InChI=1S/C21H21N3O4/c1-15(20(26)22-14-16-8-4-2-5-9-16)28-21(27)18-12-13-19(25)24(23-18)17-10-6-3-7-11-17/h2-11,15H,12-14H2,1H3,(H,22,26)/t15-/m0/s1. The van der Waals surface area contributed by atoms with Gasteiger partial charge in [0.15, 0.2) is 6.10 Å². The molecule has 1 heterocycles. The van der Waals surface area contributed by atoms with Gasteiger partial charge in [0, 0.05) is 19.4 Å². The van der Waals surface area contributed by atoms with Crippen LogP contribution >= 0.6 is 0 Å². The normalized spacial score (nSPS) is 14.8. The van der Waals surface area contributed by atoms with E-state index in [9.17, 15) is 14.4 Å². The number of nitrogens with zero attached hydrogens (tertiary/aromatic N) is 2. The molecule has 1 N–H and O–H groups in total. The van der Waals surface area contributed by atoms with Crippen LogP contribution in [0.5, 0.6) is 0 Å². The summed E-state index contributed by atoms with van der Waals surface area (Å²) in [6.07, 6.45) is -0.641. The second-order valence-corrected chi connectivity index (χ2v) is 6.34. The summed E-state index contributed by atoms with van der Waals surface area (Å²) in [5.74, 6) is -1.29. The maximum atomic E-state index is 12.4. The Morgan fingerprint density at radius 1 is 1.07 bits per heavy atom. The maximum Gasteiger partial charge on any atom is 0.355 e. The fourth-order valence-electron chi connectivity index (χ4n) is 2.68. The number of carbonyl (C=O) groups excluding carboxylic acids is 3. The van der Waals surface area contributed by atoms with Crippen LogP contribution in [0.1, 0.15) is 25.3 Å². The summed E-state index contributed by atoms with van der Waals surface area (Å²) in [5, 5.41) is 8.06. The van der Waals surface area contributed by atoms with E-state index in [0.29, 0.717) is 12.2 Å². The number of rotatable bonds is 6. The predicted molar refractivity (Wildman–Crippen MR) is 104 cm³/mol. The molecule has 0 unspecified atom stereocenters. The average Bonchev–Trinajstić information content (AvgIpc) is 2.73. The minimum absolute atomic E-state index is 0.117. The minimum Gasteiger partial charge on any atom is -0.448 e. The molecule has 2 aromatic carbocycles. The first-order chi connectivity index (χ1) is 13.5. The Hall–Kier alpha value is -3.48. The van der Waals surface area contributed by atoms with Crippen molar-refractivity contribution in [3.05, 3.63) is 66.2 Å². The number of nitrogens with one attached hydrogen (secondary N) is 1. The number of esters is 1. The molecule has 144 valence electrons. The van der Waals surface area contributed by atoms with Crippen molar-refractivity contribution in [2.75, 3.05) is 5.01 Å². The van der Waals surface area contributed by atoms with E-state index in [2.05, 4.69) is 10.4 Å². The second kappa shape index (κ2) is 8.94. The van der Waals surface area contributed by atoms with Crippen LogP contribution in [-0.2, 0) is 25.7 Å². The van der Waals surface area contributed by atoms with Crippen molar-refractivity contribution in [2.45, 2.75) is 32.4 Å². The van der Waals surface area contributed by atoms with Crippen LogP contribution in [0.15, 0.2) is 65.8 Å². The molecule has 7 nitrogen and oxygen atoms in total. The molecule has 0 spiro atoms. The Balaban J connectivity index is 1.60. The van der Waals surface area contributed by atoms with Crippen LogP contribution in [0.2, 0.25) is 0 Å². The van der Waals surface area contributed by atoms with Crippen molar-refractivity contribution in [1.82, 2.24) is 5.32 Å². The number of hydrogen-bond acceptors (Lipinski definition) is 5. The number of para-hydroxylation sites is 1. The second-order valence-electron chi connectivity index (χ2n) is 6.34. The molecule has 0 aliphatic carbocycles. The van der Waals surface area contributed by atoms with Gasteiger partial charge >= 0.3 is 5.97 Å². The molecule has 7 heteroatoms. The molecule has 28 heavy (non-hydrogen) atoms. The van der Waals surface area contributed by atoms with E-state index < -0.39 is 18.0 Å². The molecule has 0 saturated carbocycles. The number of hydrogen-bond donors (Lipinski definition) is 1. The van der Waals surface area contributed by atoms with Gasteiger partial charge in [-0.05, 0) is 24.6 Å². The van der Waals surface area contributed by atoms with Gasteiger partial charge in [-0.1, -0.05) is 48.5 Å². The number of anilines is 1. The molecule has 0 fully saturated rings. The molecule has 0 bridgehead atoms. The van der Waals surface area contributed by atoms with Gasteiger partial charge in [-0.3, -0.25) is 9.59 Å². The first-order valence-corrected chi connectivity index (χ1v) is 9.02. The zero-order valence-electron chi connectivity index (χ0n) is 15.5. The lowest BCUT2D eigenvalue weighted by molar-refractivity contribution is -0.148. The average molecular weight is 379 g/mol. The van der Waals surface area contributed by atoms with E-state index in [4.69, 9.17) is 4.74 Å². The molecule has 1 atom stereocenters. The van der Waals surface area contributed by atoms with Crippen molar-refractivity contribution < 1.29 is 19.1 Å². The molecule has 0 radical (unpaired) electrons. The van der Waals surface area contributed by atoms with E-state index in [0.717, 1.165) is 5.56 Å². The molecule has 2 aromatic rings. The van der Waals surface area contributed by atoms with Gasteiger partial charge < -0.3 is 10.1 Å². The third kappa shape index (κ3) is 4.82. The Kier molecular flexibility index (Phi) is 6.16. The summed E-state index contributed by atoms with van der Waals surface area (Å²) in [4.78, 5) is 36.7. The van der Waals surface area contributed by atoms with E-state index in [1.54, 1.807) is 24.3 Å². The third-order valence-electron chi connectivity index (χ3n) is 4.23. The van der Waals surface area contributed by atoms with Crippen LogP contribution in [0.3, 0.4) is 0 Å². The van der Waals surface area contributed by atoms with Gasteiger partial charge in [0.05, 0.1) is 5.69 Å². The third-order valence-corrected chi connectivity index (χ3v) is 4.23. The SMILES string of the molecule is C[C@H](OC(=O)C1=NN(c2ccccc2)C(=O)CC1)C(=O)NCc1ccccc1. The van der Waals surface area contributed by atoms with Crippen molar-refractivity contribution >= 4 is 29.2 Å². The van der Waals surface area contributed by atoms with Crippen LogP contribution in [0.4, 0.5) is 5.69 Å². The topological polar surface area (TPSA) is 88.1 Å². The summed E-state index contributed by atoms with van der Waals surface area (Å²) in [6.45, 7) is 1.85. The van der Waals surface area contributed by atoms with Gasteiger partial charge in [-0.15, -0.1) is 0 Å². The van der Waals surface area contributed by atoms with Crippen LogP contribution < -0.4 is 10.3 Å². The van der Waals surface area contributed by atoms with Gasteiger partial charge in [0.25, 0.3) is 5.91 Å². The van der Waals surface area contributed by atoms with Crippen molar-refractivity contribution in [2.24, 2.45) is 5.10 Å². The van der Waals surface area contributed by atoms with E-state index in [1.165, 1.54) is 11.9 Å². The Morgan fingerprint density at radius 2 is 1.71 bits per heavy atom. The van der Waals surface area contributed by atoms with Crippen molar-refractivity contribution in [3.63, 3.8) is 0 Å². The largest absolute Gasteiger partial charge is 0.448 e. The zero-order valence-corrected chi connectivity index (χ0v) is 15.5. The van der Waals surface area contributed by atoms with Crippen molar-refractivity contribution in [3.8, 4) is 0 Å². The molecule has 2 amide bonds. The lowest BCUT2D eigenvalue weighted by atomic mass is 10.1. The highest BCUT2D eigenvalue weighted by Crippen LogP contribution is 2.20. The molecule has 3 rings (SSSR count). The summed E-state index contributed by atoms with van der Waals surface area (Å²) in [5.41, 5.74) is 1.64. The van der Waals surface area contributed by atoms with Crippen LogP contribution in [0.25, 0.3) is 0 Å². The van der Waals surface area contributed by atoms with Crippen LogP contribution in [-0.4, -0.2) is 29.6 Å². The molecule has 0 saturated heterocycles. The van der Waals surface area contributed by atoms with E-state index >= 15 is 0 Å². The fourth-order valence-corrected chi connectivity index (χ4v) is 2.68. The Bertz CT molecular complexity index is 881. The van der Waals surface area contributed by atoms with Crippen molar-refractivity contribution in [1.29, 1.82) is 0 Å². The van der Waals surface area contributed by atoms with Gasteiger partial charge in [0.2, 0.25) is 5.91 Å². The number of benzene rings is 2. The number of hydrazone groups is 1. The van der Waals surface area contributed by atoms with Gasteiger partial charge in [0.1, 0.15) is 5.71 Å². The predicted octanol–water partition coefficient (Wildman–Crippen LogP) is 2.42. The van der Waals surface area contributed by atoms with E-state index in [-0.39, 0.29) is 24.5 Å². The lowest BCUT2D eigenvalue weighted by Gasteiger charge is -2.23. The zero-order chi connectivity index (χ0) is 19.9. The molecule has 0 aromatic heterocycles. The number of amides is 2.